The van der Waals surface area contributed by atoms with Crippen molar-refractivity contribution in [3.63, 3.8) is 0 Å². The van der Waals surface area contributed by atoms with Crippen LogP contribution in [0, 0.1) is 0 Å². The summed E-state index contributed by atoms with van der Waals surface area (Å²) < 4.78 is 0. The molecule has 1 spiro atoms. The molecule has 1 aliphatic carbocycles. The van der Waals surface area contributed by atoms with Gasteiger partial charge in [-0.15, -0.1) is 22.7 Å². The third kappa shape index (κ3) is 4.53. The lowest BCUT2D eigenvalue weighted by Gasteiger charge is -2.44. The Morgan fingerprint density at radius 2 is 0.946 bits per heavy atom. The van der Waals surface area contributed by atoms with Gasteiger partial charge in [-0.2, -0.15) is 9.97 Å². The van der Waals surface area contributed by atoms with Gasteiger partial charge in [-0.3, -0.25) is 9.88 Å². The number of anilines is 3. The number of fused-ring (bicyclic) bond motifs is 11. The van der Waals surface area contributed by atoms with Crippen LogP contribution < -0.4 is 4.90 Å². The highest BCUT2D eigenvalue weighted by Gasteiger charge is 2.53. The molecule has 0 unspecified atom stereocenters. The molecule has 0 saturated carbocycles. The number of aromatic nitrogens is 4. The molecule has 5 nitrogen and oxygen atoms in total. The van der Waals surface area contributed by atoms with Crippen molar-refractivity contribution in [1.29, 1.82) is 0 Å². The van der Waals surface area contributed by atoms with Crippen LogP contribution in [0.5, 0.6) is 0 Å². The number of hydrogen-bond acceptors (Lipinski definition) is 7. The van der Waals surface area contributed by atoms with Crippen LogP contribution in [-0.2, 0) is 5.41 Å². The maximum absolute atomic E-state index is 5.38. The molecule has 0 atom stereocenters. The van der Waals surface area contributed by atoms with E-state index in [0.29, 0.717) is 17.6 Å². The van der Waals surface area contributed by atoms with Gasteiger partial charge in [0.2, 0.25) is 5.95 Å². The topological polar surface area (TPSA) is 54.8 Å². The number of pyridine rings is 1. The Morgan fingerprint density at radius 3 is 1.62 bits per heavy atom. The zero-order valence-electron chi connectivity index (χ0n) is 29.8. The number of nitrogens with zero attached hydrogens (tertiary/aromatic N) is 5. The first kappa shape index (κ1) is 31.5. The molecule has 10 aromatic rings. The second-order valence-electron chi connectivity index (χ2n) is 14.3. The van der Waals surface area contributed by atoms with Crippen LogP contribution in [0.2, 0.25) is 0 Å². The Balaban J connectivity index is 1.17. The predicted octanol–water partition coefficient (Wildman–Crippen LogP) is 12.8. The van der Waals surface area contributed by atoms with Crippen molar-refractivity contribution in [2.75, 3.05) is 4.90 Å². The van der Waals surface area contributed by atoms with Crippen molar-refractivity contribution in [2.24, 2.45) is 0 Å². The standard InChI is InChI=1S/C49H29N5S2/c1-3-10-30(11-4-1)31-17-19-33(20-18-31)47-51-46(32-12-5-2-6-13-32)52-48(53-47)54-42-28-35-15-8-7-14-34(35)26-39(42)49(37-21-24-55-44(37)45-38(49)22-25-56-45)40-27-36-16-9-23-50-41(36)29-43(40)54/h1-29H. The van der Waals surface area contributed by atoms with Crippen LogP contribution in [0.4, 0.5) is 17.3 Å². The molecule has 6 aromatic carbocycles. The first-order valence-corrected chi connectivity index (χ1v) is 20.4. The van der Waals surface area contributed by atoms with Gasteiger partial charge >= 0.3 is 0 Å². The van der Waals surface area contributed by atoms with Crippen LogP contribution in [0.1, 0.15) is 22.3 Å². The molecule has 5 heterocycles. The van der Waals surface area contributed by atoms with Gasteiger partial charge in [-0.05, 0) is 97.4 Å². The molecule has 0 amide bonds. The van der Waals surface area contributed by atoms with Crippen LogP contribution in [0.25, 0.3) is 65.3 Å². The number of rotatable bonds is 4. The Bertz CT molecular complexity index is 3020. The molecular weight excluding hydrogens is 723 g/mol. The smallest absolute Gasteiger partial charge is 0.238 e. The molecule has 2 aliphatic rings. The summed E-state index contributed by atoms with van der Waals surface area (Å²) in [5.74, 6) is 1.78. The van der Waals surface area contributed by atoms with E-state index in [2.05, 4.69) is 143 Å². The number of benzene rings is 6. The average Bonchev–Trinajstić information content (AvgIpc) is 4.00. The van der Waals surface area contributed by atoms with E-state index in [4.69, 9.17) is 19.9 Å². The summed E-state index contributed by atoms with van der Waals surface area (Å²) in [5, 5.41) is 7.93. The summed E-state index contributed by atoms with van der Waals surface area (Å²) >= 11 is 3.66. The Hall–Kier alpha value is -6.80. The minimum Gasteiger partial charge on any atom is -0.278 e. The van der Waals surface area contributed by atoms with Gasteiger partial charge in [-0.25, -0.2) is 4.98 Å². The minimum absolute atomic E-state index is 0.550. The van der Waals surface area contributed by atoms with E-state index in [1.807, 2.05) is 59.2 Å². The van der Waals surface area contributed by atoms with Gasteiger partial charge in [0.05, 0.1) is 22.3 Å². The molecule has 56 heavy (non-hydrogen) atoms. The normalized spacial score (nSPS) is 13.5. The SMILES string of the molecule is c1ccc(-c2ccc(-c3nc(-c4ccccc4)nc(N4c5cc6ccccc6cc5C5(c6cc7cccnc7cc64)c4ccsc4-c4sccc45)n3)cc2)cc1. The van der Waals surface area contributed by atoms with Crippen LogP contribution in [0.3, 0.4) is 0 Å². The monoisotopic (exact) mass is 751 g/mol. The molecule has 0 bridgehead atoms. The van der Waals surface area contributed by atoms with E-state index in [0.717, 1.165) is 44.4 Å². The lowest BCUT2D eigenvalue weighted by Crippen LogP contribution is -2.36. The van der Waals surface area contributed by atoms with Crippen molar-refractivity contribution >= 4 is 61.7 Å². The molecular formula is C49H29N5S2. The van der Waals surface area contributed by atoms with Gasteiger partial charge in [0, 0.05) is 32.5 Å². The molecule has 0 saturated heterocycles. The minimum atomic E-state index is -0.550. The van der Waals surface area contributed by atoms with E-state index in [1.54, 1.807) is 0 Å². The lowest BCUT2D eigenvalue weighted by molar-refractivity contribution is 0.755. The second-order valence-corrected chi connectivity index (χ2v) is 16.1. The summed E-state index contributed by atoms with van der Waals surface area (Å²) in [7, 11) is 0. The van der Waals surface area contributed by atoms with E-state index in [9.17, 15) is 0 Å². The highest BCUT2D eigenvalue weighted by Crippen LogP contribution is 2.66. The van der Waals surface area contributed by atoms with E-state index in [1.165, 1.54) is 43.0 Å². The maximum Gasteiger partial charge on any atom is 0.238 e. The summed E-state index contributed by atoms with van der Waals surface area (Å²) in [4.78, 5) is 25.7. The number of thiophene rings is 2. The van der Waals surface area contributed by atoms with Gasteiger partial charge in [-0.1, -0.05) is 115 Å². The van der Waals surface area contributed by atoms with Crippen LogP contribution in [-0.4, -0.2) is 19.9 Å². The molecule has 0 N–H and O–H groups in total. The summed E-state index contributed by atoms with van der Waals surface area (Å²) in [6.45, 7) is 0. The zero-order valence-corrected chi connectivity index (χ0v) is 31.4. The van der Waals surface area contributed by atoms with Crippen LogP contribution in [0.15, 0.2) is 175 Å². The molecule has 262 valence electrons. The predicted molar refractivity (Wildman–Crippen MR) is 230 cm³/mol. The molecule has 0 fully saturated rings. The highest BCUT2D eigenvalue weighted by atomic mass is 32.1. The fourth-order valence-corrected chi connectivity index (χ4v) is 10.9. The average molecular weight is 752 g/mol. The second kappa shape index (κ2) is 12.1. The first-order valence-electron chi connectivity index (χ1n) is 18.6. The fraction of sp³-hybridized carbons (Fsp3) is 0.0204. The van der Waals surface area contributed by atoms with Crippen molar-refractivity contribution in [3.8, 4) is 43.7 Å². The molecule has 12 rings (SSSR count). The zero-order chi connectivity index (χ0) is 36.8. The van der Waals surface area contributed by atoms with Gasteiger partial charge in [0.1, 0.15) is 0 Å². The van der Waals surface area contributed by atoms with E-state index >= 15 is 0 Å². The molecule has 7 heteroatoms. The third-order valence-electron chi connectivity index (χ3n) is 11.3. The van der Waals surface area contributed by atoms with Gasteiger partial charge < -0.3 is 0 Å². The molecule has 4 aromatic heterocycles. The first-order chi connectivity index (χ1) is 27.7. The summed E-state index contributed by atoms with van der Waals surface area (Å²) in [6, 6.07) is 56.0. The Kier molecular flexibility index (Phi) is 6.82. The van der Waals surface area contributed by atoms with Crippen molar-refractivity contribution in [3.05, 3.63) is 197 Å². The number of hydrogen-bond donors (Lipinski definition) is 0. The van der Waals surface area contributed by atoms with E-state index < -0.39 is 5.41 Å². The van der Waals surface area contributed by atoms with Crippen molar-refractivity contribution in [2.45, 2.75) is 5.41 Å². The third-order valence-corrected chi connectivity index (χ3v) is 13.3. The summed E-state index contributed by atoms with van der Waals surface area (Å²) in [6.07, 6.45) is 1.87. The van der Waals surface area contributed by atoms with Gasteiger partial charge in [0.15, 0.2) is 11.6 Å². The Morgan fingerprint density at radius 1 is 0.429 bits per heavy atom. The Labute approximate surface area is 330 Å². The van der Waals surface area contributed by atoms with E-state index in [-0.39, 0.29) is 0 Å². The largest absolute Gasteiger partial charge is 0.278 e. The van der Waals surface area contributed by atoms with Crippen LogP contribution >= 0.6 is 22.7 Å². The molecule has 1 aliphatic heterocycles. The van der Waals surface area contributed by atoms with Gasteiger partial charge in [0.25, 0.3) is 0 Å². The van der Waals surface area contributed by atoms with Crippen molar-refractivity contribution < 1.29 is 0 Å². The fourth-order valence-electron chi connectivity index (χ4n) is 8.84. The maximum atomic E-state index is 5.38. The lowest BCUT2D eigenvalue weighted by atomic mass is 9.65. The highest BCUT2D eigenvalue weighted by molar-refractivity contribution is 7.21. The molecule has 0 radical (unpaired) electrons. The van der Waals surface area contributed by atoms with Crippen molar-refractivity contribution in [1.82, 2.24) is 19.9 Å². The quantitative estimate of drug-likeness (QED) is 0.179. The summed E-state index contributed by atoms with van der Waals surface area (Å²) in [5.41, 5.74) is 11.6.